The number of rotatable bonds is 5. The molecule has 4 fully saturated rings. The lowest BCUT2D eigenvalue weighted by molar-refractivity contribution is -0.145. The summed E-state index contributed by atoms with van der Waals surface area (Å²) in [6, 6.07) is 10.5. The Morgan fingerprint density at radius 1 is 1.26 bits per heavy atom. The maximum atomic E-state index is 14.3. The van der Waals surface area contributed by atoms with Crippen LogP contribution < -0.4 is 5.32 Å². The molecular formula is C32H37FN2O4. The first-order chi connectivity index (χ1) is 18.6. The molecule has 1 amide bonds. The Hall–Kier alpha value is -3.22. The van der Waals surface area contributed by atoms with Crippen molar-refractivity contribution in [3.05, 3.63) is 60.2 Å². The van der Waals surface area contributed by atoms with Crippen LogP contribution in [0.5, 0.6) is 0 Å². The van der Waals surface area contributed by atoms with E-state index < -0.39 is 0 Å². The third-order valence-corrected chi connectivity index (χ3v) is 10.5. The molecule has 3 aliphatic carbocycles. The number of hydrogen-bond acceptors (Lipinski definition) is 5. The van der Waals surface area contributed by atoms with Gasteiger partial charge in [-0.15, -0.1) is 0 Å². The number of esters is 1. The van der Waals surface area contributed by atoms with Gasteiger partial charge in [-0.05, 0) is 74.5 Å². The Kier molecular flexibility index (Phi) is 6.12. The Morgan fingerprint density at radius 2 is 2.05 bits per heavy atom. The van der Waals surface area contributed by atoms with E-state index in [1.807, 2.05) is 32.0 Å². The molecular weight excluding hydrogens is 495 g/mol. The predicted octanol–water partition coefficient (Wildman–Crippen LogP) is 6.41. The third-order valence-electron chi connectivity index (χ3n) is 10.5. The van der Waals surface area contributed by atoms with Gasteiger partial charge in [0.15, 0.2) is 0 Å². The van der Waals surface area contributed by atoms with Gasteiger partial charge in [0.05, 0.1) is 18.2 Å². The van der Waals surface area contributed by atoms with E-state index in [2.05, 4.69) is 36.3 Å². The van der Waals surface area contributed by atoms with Crippen molar-refractivity contribution in [2.45, 2.75) is 65.5 Å². The molecule has 6 rings (SSSR count). The number of carbonyl (C=O) groups is 2. The first-order valence-corrected chi connectivity index (χ1v) is 14.2. The lowest BCUT2D eigenvalue weighted by Crippen LogP contribution is -2.58. The van der Waals surface area contributed by atoms with Crippen molar-refractivity contribution in [1.82, 2.24) is 10.3 Å². The summed E-state index contributed by atoms with van der Waals surface area (Å²) in [6.07, 6.45) is 9.22. The number of hydrogen-bond donors (Lipinski definition) is 1. The number of carbonyl (C=O) groups excluding carboxylic acids is 2. The van der Waals surface area contributed by atoms with Gasteiger partial charge in [-0.25, -0.2) is 9.18 Å². The number of amides is 1. The van der Waals surface area contributed by atoms with Crippen molar-refractivity contribution in [1.29, 1.82) is 0 Å². The van der Waals surface area contributed by atoms with Crippen LogP contribution >= 0.6 is 0 Å². The number of nitrogens with one attached hydrogen (secondary N) is 1. The zero-order valence-electron chi connectivity index (χ0n) is 23.1. The number of cyclic esters (lactones) is 1. The maximum absolute atomic E-state index is 14.3. The molecule has 1 aromatic heterocycles. The molecule has 4 aliphatic rings. The van der Waals surface area contributed by atoms with Crippen LogP contribution in [0.3, 0.4) is 0 Å². The molecule has 39 heavy (non-hydrogen) atoms. The molecule has 3 unspecified atom stereocenters. The van der Waals surface area contributed by atoms with E-state index in [-0.39, 0.29) is 64.0 Å². The molecule has 2 aromatic rings. The van der Waals surface area contributed by atoms with Crippen molar-refractivity contribution in [2.24, 2.45) is 34.0 Å². The Balaban J connectivity index is 1.31. The number of alkyl carbamates (subject to hydrolysis) is 1. The van der Waals surface area contributed by atoms with Crippen molar-refractivity contribution in [3.8, 4) is 11.1 Å². The van der Waals surface area contributed by atoms with Crippen LogP contribution in [0.2, 0.25) is 0 Å². The van der Waals surface area contributed by atoms with Crippen LogP contribution in [0.15, 0.2) is 48.7 Å². The van der Waals surface area contributed by atoms with Crippen LogP contribution in [0.25, 0.3) is 17.2 Å². The molecule has 2 heterocycles. The predicted molar refractivity (Wildman–Crippen MR) is 146 cm³/mol. The molecule has 6 nitrogen and oxygen atoms in total. The average molecular weight is 533 g/mol. The van der Waals surface area contributed by atoms with Gasteiger partial charge in [-0.1, -0.05) is 44.2 Å². The number of nitrogens with zero attached hydrogens (tertiary/aromatic N) is 1. The summed E-state index contributed by atoms with van der Waals surface area (Å²) in [5, 5.41) is 3.12. The first-order valence-electron chi connectivity index (χ1n) is 14.2. The van der Waals surface area contributed by atoms with Crippen molar-refractivity contribution < 1.29 is 23.5 Å². The van der Waals surface area contributed by atoms with E-state index in [1.165, 1.54) is 6.07 Å². The molecule has 1 saturated heterocycles. The maximum Gasteiger partial charge on any atom is 0.407 e. The van der Waals surface area contributed by atoms with Gasteiger partial charge in [0.1, 0.15) is 11.9 Å². The quantitative estimate of drug-likeness (QED) is 0.450. The van der Waals surface area contributed by atoms with Crippen molar-refractivity contribution in [3.63, 3.8) is 0 Å². The van der Waals surface area contributed by atoms with Crippen LogP contribution in [0, 0.1) is 39.8 Å². The highest BCUT2D eigenvalue weighted by atomic mass is 19.1. The number of pyridine rings is 1. The standard InChI is InChI=1S/C32H37FN2O4/c1-5-38-29(37)35-26-13-15-31-18-32(31,27-19(2)39-28(36)23(27)16-25(31)30(26,3)4)14-12-21-11-10-20(17-34-21)22-8-6-7-9-24(22)33/h6-12,14,17,19,23,25-27H,5,13,15-16,18H2,1-4H3,(H,35,37)/b14-12+/t19-,23-,25-,26?,27?,31+,32?/m1/s1. The topological polar surface area (TPSA) is 77.5 Å². The molecule has 1 spiro atoms. The highest BCUT2D eigenvalue weighted by molar-refractivity contribution is 5.77. The van der Waals surface area contributed by atoms with E-state index in [0.717, 1.165) is 36.9 Å². The number of allylic oxidation sites excluding steroid dienone is 1. The molecule has 206 valence electrons. The highest BCUT2D eigenvalue weighted by Gasteiger charge is 2.80. The molecule has 0 radical (unpaired) electrons. The molecule has 1 N–H and O–H groups in total. The van der Waals surface area contributed by atoms with Crippen LogP contribution in [-0.4, -0.2) is 35.8 Å². The lowest BCUT2D eigenvalue weighted by atomic mass is 9.49. The fraction of sp³-hybridized carbons (Fsp3) is 0.531. The van der Waals surface area contributed by atoms with E-state index in [9.17, 15) is 14.0 Å². The van der Waals surface area contributed by atoms with E-state index in [0.29, 0.717) is 12.2 Å². The highest BCUT2D eigenvalue weighted by Crippen LogP contribution is 2.84. The van der Waals surface area contributed by atoms with Crippen LogP contribution in [-0.2, 0) is 14.3 Å². The second kappa shape index (κ2) is 9.17. The van der Waals surface area contributed by atoms with Crippen molar-refractivity contribution >= 4 is 18.1 Å². The van der Waals surface area contributed by atoms with Gasteiger partial charge in [0.25, 0.3) is 0 Å². The third kappa shape index (κ3) is 3.91. The van der Waals surface area contributed by atoms with Gasteiger partial charge >= 0.3 is 12.1 Å². The normalized spacial score (nSPS) is 35.9. The Morgan fingerprint density at radius 3 is 2.77 bits per heavy atom. The second-order valence-corrected chi connectivity index (χ2v) is 12.5. The number of halogens is 1. The fourth-order valence-electron chi connectivity index (χ4n) is 8.72. The van der Waals surface area contributed by atoms with Gasteiger partial charge < -0.3 is 14.8 Å². The lowest BCUT2D eigenvalue weighted by Gasteiger charge is -2.55. The van der Waals surface area contributed by atoms with Gasteiger partial charge in [0, 0.05) is 34.7 Å². The molecule has 7 atom stereocenters. The number of aromatic nitrogens is 1. The summed E-state index contributed by atoms with van der Waals surface area (Å²) in [6.45, 7) is 8.64. The fourth-order valence-corrected chi connectivity index (χ4v) is 8.72. The van der Waals surface area contributed by atoms with E-state index in [1.54, 1.807) is 18.3 Å². The van der Waals surface area contributed by atoms with Gasteiger partial charge in [-0.3, -0.25) is 9.78 Å². The number of fused-ring (bicyclic) bond motifs is 2. The van der Waals surface area contributed by atoms with Crippen molar-refractivity contribution in [2.75, 3.05) is 6.61 Å². The Bertz CT molecular complexity index is 1320. The minimum absolute atomic E-state index is 0.0200. The zero-order valence-corrected chi connectivity index (χ0v) is 23.1. The largest absolute Gasteiger partial charge is 0.462 e. The first kappa shape index (κ1) is 26.0. The summed E-state index contributed by atoms with van der Waals surface area (Å²) in [5.41, 5.74) is 1.75. The smallest absolute Gasteiger partial charge is 0.407 e. The zero-order chi connectivity index (χ0) is 27.6. The average Bonchev–Trinajstić information content (AvgIpc) is 3.48. The minimum Gasteiger partial charge on any atom is -0.462 e. The molecule has 1 aromatic carbocycles. The van der Waals surface area contributed by atoms with Gasteiger partial charge in [0.2, 0.25) is 0 Å². The molecule has 3 saturated carbocycles. The molecule has 7 heteroatoms. The number of benzene rings is 1. The summed E-state index contributed by atoms with van der Waals surface area (Å²) < 4.78 is 25.3. The van der Waals surface area contributed by atoms with E-state index >= 15 is 0 Å². The van der Waals surface area contributed by atoms with E-state index in [4.69, 9.17) is 9.47 Å². The second-order valence-electron chi connectivity index (χ2n) is 12.5. The van der Waals surface area contributed by atoms with Crippen LogP contribution in [0.4, 0.5) is 9.18 Å². The number of ether oxygens (including phenoxy) is 2. The SMILES string of the molecule is CCOC(=O)NC1CC[C@@]23CC2(/C=C/c2ccc(-c4ccccc4F)cn2)C2[C@@H](C)OC(=O)[C@@H]2C[C@@H]3C1(C)C. The van der Waals surface area contributed by atoms with Crippen LogP contribution in [0.1, 0.15) is 59.1 Å². The molecule has 1 aliphatic heterocycles. The Labute approximate surface area is 229 Å². The summed E-state index contributed by atoms with van der Waals surface area (Å²) in [5.74, 6) is -0.130. The summed E-state index contributed by atoms with van der Waals surface area (Å²) in [4.78, 5) is 30.0. The monoisotopic (exact) mass is 532 g/mol. The summed E-state index contributed by atoms with van der Waals surface area (Å²) in [7, 11) is 0. The van der Waals surface area contributed by atoms with Gasteiger partial charge in [-0.2, -0.15) is 0 Å². The summed E-state index contributed by atoms with van der Waals surface area (Å²) >= 11 is 0. The molecule has 0 bridgehead atoms. The minimum atomic E-state index is -0.374.